The number of nitrogens with one attached hydrogen (secondary N) is 1. The Labute approximate surface area is 102 Å². The first-order valence-electron chi connectivity index (χ1n) is 6.00. The number of benzene rings is 1. The molecule has 0 heterocycles. The molecule has 1 aromatic rings. The molecule has 1 N–H and O–H groups in total. The van der Waals surface area contributed by atoms with Gasteiger partial charge >= 0.3 is 6.09 Å². The maximum absolute atomic E-state index is 11.6. The summed E-state index contributed by atoms with van der Waals surface area (Å²) in [7, 11) is 0. The van der Waals surface area contributed by atoms with Crippen LogP contribution in [-0.4, -0.2) is 17.7 Å². The van der Waals surface area contributed by atoms with E-state index in [9.17, 15) is 4.79 Å². The van der Waals surface area contributed by atoms with E-state index in [2.05, 4.69) is 17.4 Å². The van der Waals surface area contributed by atoms with Gasteiger partial charge < -0.3 is 10.1 Å². The average Bonchev–Trinajstić information content (AvgIpc) is 2.95. The Kier molecular flexibility index (Phi) is 3.09. The molecule has 1 aliphatic rings. The summed E-state index contributed by atoms with van der Waals surface area (Å²) in [6, 6.07) is 10.5. The van der Waals surface area contributed by atoms with Crippen LogP contribution < -0.4 is 5.32 Å². The van der Waals surface area contributed by atoms with Crippen LogP contribution in [0.3, 0.4) is 0 Å². The number of carbonyl (C=O) groups excluding carboxylic acids is 1. The van der Waals surface area contributed by atoms with Gasteiger partial charge in [-0.3, -0.25) is 0 Å². The predicted molar refractivity (Wildman–Crippen MR) is 67.0 cm³/mol. The summed E-state index contributed by atoms with van der Waals surface area (Å²) in [5, 5.41) is 2.90. The monoisotopic (exact) mass is 233 g/mol. The molecule has 1 fully saturated rings. The van der Waals surface area contributed by atoms with Crippen molar-refractivity contribution >= 4 is 6.09 Å². The Morgan fingerprint density at radius 1 is 1.29 bits per heavy atom. The molecule has 1 aliphatic carbocycles. The molecule has 0 aromatic heterocycles. The summed E-state index contributed by atoms with van der Waals surface area (Å²) < 4.78 is 5.22. The molecular weight excluding hydrogens is 214 g/mol. The van der Waals surface area contributed by atoms with Crippen molar-refractivity contribution in [2.75, 3.05) is 0 Å². The third-order valence-electron chi connectivity index (χ3n) is 2.72. The van der Waals surface area contributed by atoms with Gasteiger partial charge in [-0.25, -0.2) is 4.79 Å². The van der Waals surface area contributed by atoms with Crippen molar-refractivity contribution in [3.05, 3.63) is 35.9 Å². The molecule has 2 rings (SSSR count). The molecular formula is C14H19NO2. The standard InChI is InChI=1S/C14H19NO2/c1-14(2,3)17-13(16)15-12-9-11(12)10-7-5-4-6-8-10/h4-8,11-12H,9H2,1-3H3,(H,15,16)/t11-,12+/m1/s1. The quantitative estimate of drug-likeness (QED) is 0.852. The van der Waals surface area contributed by atoms with E-state index in [1.807, 2.05) is 39.0 Å². The van der Waals surface area contributed by atoms with Crippen molar-refractivity contribution in [3.8, 4) is 0 Å². The van der Waals surface area contributed by atoms with Crippen molar-refractivity contribution in [1.82, 2.24) is 5.32 Å². The molecule has 17 heavy (non-hydrogen) atoms. The highest BCUT2D eigenvalue weighted by atomic mass is 16.6. The molecule has 0 aliphatic heterocycles. The summed E-state index contributed by atoms with van der Waals surface area (Å²) in [4.78, 5) is 11.6. The molecule has 0 spiro atoms. The molecule has 0 saturated heterocycles. The van der Waals surface area contributed by atoms with Crippen molar-refractivity contribution in [2.45, 2.75) is 44.8 Å². The summed E-state index contributed by atoms with van der Waals surface area (Å²) in [5.74, 6) is 0.448. The average molecular weight is 233 g/mol. The van der Waals surface area contributed by atoms with Crippen LogP contribution in [0.4, 0.5) is 4.79 Å². The van der Waals surface area contributed by atoms with Gasteiger partial charge in [0.2, 0.25) is 0 Å². The van der Waals surface area contributed by atoms with Crippen LogP contribution in [-0.2, 0) is 4.74 Å². The van der Waals surface area contributed by atoms with E-state index in [-0.39, 0.29) is 12.1 Å². The fourth-order valence-electron chi connectivity index (χ4n) is 1.88. The highest BCUT2D eigenvalue weighted by molar-refractivity contribution is 5.69. The second-order valence-corrected chi connectivity index (χ2v) is 5.51. The Hall–Kier alpha value is -1.51. The third kappa shape index (κ3) is 3.48. The lowest BCUT2D eigenvalue weighted by Gasteiger charge is -2.19. The number of ether oxygens (including phenoxy) is 1. The summed E-state index contributed by atoms with van der Waals surface area (Å²) in [6.45, 7) is 5.61. The zero-order valence-corrected chi connectivity index (χ0v) is 10.6. The van der Waals surface area contributed by atoms with Gasteiger partial charge in [0.15, 0.2) is 0 Å². The molecule has 0 unspecified atom stereocenters. The first-order chi connectivity index (χ1) is 7.96. The zero-order valence-electron chi connectivity index (χ0n) is 10.6. The van der Waals surface area contributed by atoms with E-state index in [1.165, 1.54) is 5.56 Å². The van der Waals surface area contributed by atoms with E-state index in [1.54, 1.807) is 0 Å². The molecule has 0 bridgehead atoms. The van der Waals surface area contributed by atoms with E-state index in [0.29, 0.717) is 5.92 Å². The highest BCUT2D eigenvalue weighted by Gasteiger charge is 2.40. The molecule has 1 aromatic carbocycles. The Bertz CT molecular complexity index is 394. The topological polar surface area (TPSA) is 38.3 Å². The van der Waals surface area contributed by atoms with Crippen molar-refractivity contribution in [1.29, 1.82) is 0 Å². The lowest BCUT2D eigenvalue weighted by atomic mass is 10.1. The SMILES string of the molecule is CC(C)(C)OC(=O)N[C@H]1C[C@@H]1c1ccccc1. The van der Waals surface area contributed by atoms with Crippen LogP contribution in [0.2, 0.25) is 0 Å². The minimum Gasteiger partial charge on any atom is -0.444 e. The summed E-state index contributed by atoms with van der Waals surface area (Å²) in [6.07, 6.45) is 0.685. The van der Waals surface area contributed by atoms with Crippen molar-refractivity contribution in [3.63, 3.8) is 0 Å². The smallest absolute Gasteiger partial charge is 0.407 e. The highest BCUT2D eigenvalue weighted by Crippen LogP contribution is 2.40. The Morgan fingerprint density at radius 3 is 2.53 bits per heavy atom. The van der Waals surface area contributed by atoms with Gasteiger partial charge in [0.1, 0.15) is 5.60 Å². The number of amides is 1. The molecule has 3 heteroatoms. The van der Waals surface area contributed by atoms with Crippen LogP contribution in [0.5, 0.6) is 0 Å². The largest absolute Gasteiger partial charge is 0.444 e. The lowest BCUT2D eigenvalue weighted by molar-refractivity contribution is 0.0523. The Morgan fingerprint density at radius 2 is 1.94 bits per heavy atom. The number of rotatable bonds is 2. The minimum atomic E-state index is -0.429. The maximum Gasteiger partial charge on any atom is 0.407 e. The van der Waals surface area contributed by atoms with Crippen LogP contribution in [0.15, 0.2) is 30.3 Å². The van der Waals surface area contributed by atoms with Crippen molar-refractivity contribution in [2.24, 2.45) is 0 Å². The van der Waals surface area contributed by atoms with Crippen LogP contribution in [0.1, 0.15) is 38.7 Å². The van der Waals surface area contributed by atoms with Gasteiger partial charge in [-0.05, 0) is 32.8 Å². The van der Waals surface area contributed by atoms with Gasteiger partial charge in [-0.15, -0.1) is 0 Å². The molecule has 0 radical (unpaired) electrons. The maximum atomic E-state index is 11.6. The van der Waals surface area contributed by atoms with Crippen LogP contribution >= 0.6 is 0 Å². The number of alkyl carbamates (subject to hydrolysis) is 1. The molecule has 2 atom stereocenters. The Balaban J connectivity index is 1.83. The van der Waals surface area contributed by atoms with E-state index in [4.69, 9.17) is 4.74 Å². The number of carbonyl (C=O) groups is 1. The molecule has 1 saturated carbocycles. The number of hydrogen-bond acceptors (Lipinski definition) is 2. The van der Waals surface area contributed by atoms with E-state index in [0.717, 1.165) is 6.42 Å². The van der Waals surface area contributed by atoms with Gasteiger partial charge in [0, 0.05) is 12.0 Å². The zero-order chi connectivity index (χ0) is 12.5. The molecule has 1 amide bonds. The van der Waals surface area contributed by atoms with Gasteiger partial charge in [-0.1, -0.05) is 30.3 Å². The third-order valence-corrected chi connectivity index (χ3v) is 2.72. The number of hydrogen-bond donors (Lipinski definition) is 1. The van der Waals surface area contributed by atoms with Crippen LogP contribution in [0.25, 0.3) is 0 Å². The first kappa shape index (κ1) is 12.0. The summed E-state index contributed by atoms with van der Waals surface area (Å²) >= 11 is 0. The molecule has 92 valence electrons. The minimum absolute atomic E-state index is 0.229. The fraction of sp³-hybridized carbons (Fsp3) is 0.500. The second kappa shape index (κ2) is 4.40. The van der Waals surface area contributed by atoms with Gasteiger partial charge in [0.05, 0.1) is 0 Å². The van der Waals surface area contributed by atoms with Gasteiger partial charge in [0.25, 0.3) is 0 Å². The fourth-order valence-corrected chi connectivity index (χ4v) is 1.88. The first-order valence-corrected chi connectivity index (χ1v) is 6.00. The van der Waals surface area contributed by atoms with Crippen LogP contribution in [0, 0.1) is 0 Å². The summed E-state index contributed by atoms with van der Waals surface area (Å²) in [5.41, 5.74) is 0.856. The normalized spacial score (nSPS) is 23.0. The van der Waals surface area contributed by atoms with Gasteiger partial charge in [-0.2, -0.15) is 0 Å². The lowest BCUT2D eigenvalue weighted by Crippen LogP contribution is -2.34. The van der Waals surface area contributed by atoms with E-state index >= 15 is 0 Å². The van der Waals surface area contributed by atoms with E-state index < -0.39 is 5.60 Å². The van der Waals surface area contributed by atoms with Crippen molar-refractivity contribution < 1.29 is 9.53 Å². The molecule has 3 nitrogen and oxygen atoms in total. The second-order valence-electron chi connectivity index (χ2n) is 5.51. The predicted octanol–water partition coefficient (Wildman–Crippen LogP) is 3.07.